The number of benzene rings is 1. The Balaban J connectivity index is 2.24. The first kappa shape index (κ1) is 12.7. The van der Waals surface area contributed by atoms with Crippen molar-refractivity contribution in [2.75, 3.05) is 6.54 Å². The molecule has 3 N–H and O–H groups in total. The molecule has 0 saturated carbocycles. The van der Waals surface area contributed by atoms with Gasteiger partial charge in [0.2, 0.25) is 5.88 Å². The van der Waals surface area contributed by atoms with Crippen molar-refractivity contribution < 1.29 is 5.11 Å². The van der Waals surface area contributed by atoms with E-state index in [9.17, 15) is 14.7 Å². The minimum absolute atomic E-state index is 0.180. The van der Waals surface area contributed by atoms with E-state index < -0.39 is 17.3 Å². The summed E-state index contributed by atoms with van der Waals surface area (Å²) in [5.74, 6) is -0.298. The summed E-state index contributed by atoms with van der Waals surface area (Å²) in [6.07, 6.45) is 0.872. The van der Waals surface area contributed by atoms with Crippen LogP contribution >= 0.6 is 0 Å². The first-order valence-corrected chi connectivity index (χ1v) is 6.43. The molecule has 0 bridgehead atoms. The molecule has 0 radical (unpaired) electrons. The summed E-state index contributed by atoms with van der Waals surface area (Å²) in [5, 5.41) is 13.4. The molecule has 3 rings (SSSR count). The maximum atomic E-state index is 12.1. The second kappa shape index (κ2) is 4.64. The standard InChI is InChI=1S/C14H15N3O3/c1-17-13(19)10(12(18)16-14(17)20)11-9-5-3-2-4-8(9)6-7-15-11/h2-5,11,15,19H,6-7H2,1H3,(H,16,18,20). The summed E-state index contributed by atoms with van der Waals surface area (Å²) >= 11 is 0. The first-order chi connectivity index (χ1) is 9.59. The molecule has 6 heteroatoms. The smallest absolute Gasteiger partial charge is 0.330 e. The van der Waals surface area contributed by atoms with Crippen molar-refractivity contribution in [1.29, 1.82) is 0 Å². The molecule has 0 amide bonds. The van der Waals surface area contributed by atoms with Gasteiger partial charge in [-0.15, -0.1) is 0 Å². The Morgan fingerprint density at radius 2 is 2.05 bits per heavy atom. The average molecular weight is 273 g/mol. The molecule has 1 unspecified atom stereocenters. The molecule has 1 aromatic carbocycles. The summed E-state index contributed by atoms with van der Waals surface area (Å²) in [6, 6.07) is 7.38. The summed E-state index contributed by atoms with van der Waals surface area (Å²) in [5.41, 5.74) is 1.10. The van der Waals surface area contributed by atoms with Crippen molar-refractivity contribution in [3.8, 4) is 5.88 Å². The Morgan fingerprint density at radius 1 is 1.30 bits per heavy atom. The monoisotopic (exact) mass is 273 g/mol. The molecule has 0 saturated heterocycles. The third-order valence-electron chi connectivity index (χ3n) is 3.73. The third-order valence-corrected chi connectivity index (χ3v) is 3.73. The predicted molar refractivity (Wildman–Crippen MR) is 74.0 cm³/mol. The van der Waals surface area contributed by atoms with E-state index in [1.54, 1.807) is 0 Å². The fourth-order valence-corrected chi connectivity index (χ4v) is 2.65. The zero-order chi connectivity index (χ0) is 14.3. The van der Waals surface area contributed by atoms with Gasteiger partial charge in [0.15, 0.2) is 0 Å². The Labute approximate surface area is 114 Å². The van der Waals surface area contributed by atoms with Gasteiger partial charge in [0.1, 0.15) is 0 Å². The van der Waals surface area contributed by atoms with Gasteiger partial charge in [-0.1, -0.05) is 24.3 Å². The van der Waals surface area contributed by atoms with Crippen LogP contribution in [-0.4, -0.2) is 21.2 Å². The van der Waals surface area contributed by atoms with Crippen molar-refractivity contribution in [2.24, 2.45) is 7.05 Å². The lowest BCUT2D eigenvalue weighted by atomic mass is 9.91. The number of nitrogens with zero attached hydrogens (tertiary/aromatic N) is 1. The number of hydrogen-bond donors (Lipinski definition) is 3. The number of aromatic nitrogens is 2. The van der Waals surface area contributed by atoms with Crippen LogP contribution in [0.3, 0.4) is 0 Å². The number of rotatable bonds is 1. The normalized spacial score (nSPS) is 17.8. The van der Waals surface area contributed by atoms with Crippen LogP contribution < -0.4 is 16.6 Å². The molecule has 1 aliphatic heterocycles. The molecule has 1 aromatic heterocycles. The number of fused-ring (bicyclic) bond motifs is 1. The Hall–Kier alpha value is -2.34. The highest BCUT2D eigenvalue weighted by molar-refractivity contribution is 5.41. The highest BCUT2D eigenvalue weighted by Gasteiger charge is 2.27. The van der Waals surface area contributed by atoms with Crippen LogP contribution in [0.5, 0.6) is 5.88 Å². The molecule has 0 fully saturated rings. The summed E-state index contributed by atoms with van der Waals surface area (Å²) in [4.78, 5) is 25.7. The lowest BCUT2D eigenvalue weighted by Crippen LogP contribution is -2.38. The lowest BCUT2D eigenvalue weighted by molar-refractivity contribution is 0.399. The first-order valence-electron chi connectivity index (χ1n) is 6.43. The molecule has 2 aromatic rings. The third kappa shape index (κ3) is 1.85. The molecular formula is C14H15N3O3. The quantitative estimate of drug-likeness (QED) is 0.683. The second-order valence-corrected chi connectivity index (χ2v) is 4.89. The summed E-state index contributed by atoms with van der Waals surface area (Å²) < 4.78 is 1.04. The number of aromatic hydroxyl groups is 1. The largest absolute Gasteiger partial charge is 0.494 e. The minimum Gasteiger partial charge on any atom is -0.494 e. The molecule has 1 aliphatic rings. The van der Waals surface area contributed by atoms with Crippen LogP contribution in [0, 0.1) is 0 Å². The van der Waals surface area contributed by atoms with E-state index in [-0.39, 0.29) is 11.4 Å². The van der Waals surface area contributed by atoms with E-state index in [1.165, 1.54) is 7.05 Å². The Morgan fingerprint density at radius 3 is 2.85 bits per heavy atom. The van der Waals surface area contributed by atoms with Crippen molar-refractivity contribution in [2.45, 2.75) is 12.5 Å². The number of hydrogen-bond acceptors (Lipinski definition) is 4. The van der Waals surface area contributed by atoms with Gasteiger partial charge >= 0.3 is 5.69 Å². The minimum atomic E-state index is -0.625. The van der Waals surface area contributed by atoms with Crippen molar-refractivity contribution in [1.82, 2.24) is 14.9 Å². The summed E-state index contributed by atoms with van der Waals surface area (Å²) in [7, 11) is 1.42. The van der Waals surface area contributed by atoms with Gasteiger partial charge in [0.05, 0.1) is 11.6 Å². The van der Waals surface area contributed by atoms with Crippen LogP contribution in [0.25, 0.3) is 0 Å². The molecule has 104 valence electrons. The van der Waals surface area contributed by atoms with Gasteiger partial charge in [0, 0.05) is 13.6 Å². The highest BCUT2D eigenvalue weighted by atomic mass is 16.3. The fourth-order valence-electron chi connectivity index (χ4n) is 2.65. The van der Waals surface area contributed by atoms with Gasteiger partial charge in [-0.3, -0.25) is 14.3 Å². The molecule has 1 atom stereocenters. The molecule has 0 aliphatic carbocycles. The van der Waals surface area contributed by atoms with Crippen LogP contribution in [0.2, 0.25) is 0 Å². The van der Waals surface area contributed by atoms with Gasteiger partial charge in [0.25, 0.3) is 5.56 Å². The van der Waals surface area contributed by atoms with E-state index >= 15 is 0 Å². The Bertz CT molecular complexity index is 776. The van der Waals surface area contributed by atoms with Crippen LogP contribution in [0.15, 0.2) is 33.9 Å². The molecule has 20 heavy (non-hydrogen) atoms. The van der Waals surface area contributed by atoms with Crippen LogP contribution in [0.4, 0.5) is 0 Å². The molecule has 0 spiro atoms. The lowest BCUT2D eigenvalue weighted by Gasteiger charge is -2.27. The molecular weight excluding hydrogens is 258 g/mol. The van der Waals surface area contributed by atoms with Gasteiger partial charge in [-0.25, -0.2) is 4.79 Å². The van der Waals surface area contributed by atoms with Crippen molar-refractivity contribution >= 4 is 0 Å². The zero-order valence-corrected chi connectivity index (χ0v) is 11.0. The SMILES string of the molecule is Cn1c(O)c(C2NCCc3ccccc32)c(=O)[nH]c1=O. The number of H-pyrrole nitrogens is 1. The van der Waals surface area contributed by atoms with E-state index in [0.29, 0.717) is 6.54 Å². The number of nitrogens with one attached hydrogen (secondary N) is 2. The van der Waals surface area contributed by atoms with Crippen molar-refractivity contribution in [3.63, 3.8) is 0 Å². The summed E-state index contributed by atoms with van der Waals surface area (Å²) in [6.45, 7) is 0.712. The molecule has 6 nitrogen and oxygen atoms in total. The van der Waals surface area contributed by atoms with Gasteiger partial charge in [-0.05, 0) is 17.5 Å². The maximum absolute atomic E-state index is 12.1. The highest BCUT2D eigenvalue weighted by Crippen LogP contribution is 2.30. The van der Waals surface area contributed by atoms with E-state index in [0.717, 1.165) is 22.1 Å². The van der Waals surface area contributed by atoms with E-state index in [4.69, 9.17) is 0 Å². The van der Waals surface area contributed by atoms with Crippen LogP contribution in [-0.2, 0) is 13.5 Å². The average Bonchev–Trinajstić information content (AvgIpc) is 2.45. The maximum Gasteiger partial charge on any atom is 0.330 e. The van der Waals surface area contributed by atoms with Gasteiger partial charge in [-0.2, -0.15) is 0 Å². The molecule has 2 heterocycles. The second-order valence-electron chi connectivity index (χ2n) is 4.89. The zero-order valence-electron chi connectivity index (χ0n) is 11.0. The predicted octanol–water partition coefficient (Wildman–Crippen LogP) is 0.0143. The van der Waals surface area contributed by atoms with E-state index in [1.807, 2.05) is 24.3 Å². The van der Waals surface area contributed by atoms with E-state index in [2.05, 4.69) is 10.3 Å². The van der Waals surface area contributed by atoms with Crippen molar-refractivity contribution in [3.05, 3.63) is 61.8 Å². The topological polar surface area (TPSA) is 87.1 Å². The fraction of sp³-hybridized carbons (Fsp3) is 0.286. The Kier molecular flexibility index (Phi) is 2.94. The van der Waals surface area contributed by atoms with Crippen LogP contribution in [0.1, 0.15) is 22.7 Å². The number of aromatic amines is 1. The van der Waals surface area contributed by atoms with Gasteiger partial charge < -0.3 is 10.4 Å².